The highest BCUT2D eigenvalue weighted by Crippen LogP contribution is 2.38. The first-order valence-electron chi connectivity index (χ1n) is 10.4. The van der Waals surface area contributed by atoms with Gasteiger partial charge < -0.3 is 15.4 Å². The molecule has 0 atom stereocenters. The van der Waals surface area contributed by atoms with Gasteiger partial charge in [-0.2, -0.15) is 4.98 Å². The zero-order valence-electron chi connectivity index (χ0n) is 18.7. The number of methoxy groups -OCH3 is 1. The van der Waals surface area contributed by atoms with Crippen molar-refractivity contribution in [2.45, 2.75) is 40.5 Å². The van der Waals surface area contributed by atoms with E-state index in [1.165, 1.54) is 5.56 Å². The van der Waals surface area contributed by atoms with Crippen LogP contribution in [0.4, 0.5) is 23.1 Å². The van der Waals surface area contributed by atoms with Crippen LogP contribution >= 0.6 is 0 Å². The number of rotatable bonds is 5. The summed E-state index contributed by atoms with van der Waals surface area (Å²) in [5, 5.41) is 6.66. The summed E-state index contributed by atoms with van der Waals surface area (Å²) in [6.45, 7) is 8.30. The molecule has 1 heterocycles. The van der Waals surface area contributed by atoms with Crippen LogP contribution in [0.1, 0.15) is 47.4 Å². The van der Waals surface area contributed by atoms with Crippen LogP contribution in [0.3, 0.4) is 0 Å². The minimum absolute atomic E-state index is 0.0754. The highest BCUT2D eigenvalue weighted by atomic mass is 16.5. The number of nitrogens with one attached hydrogen (secondary N) is 2. The summed E-state index contributed by atoms with van der Waals surface area (Å²) in [4.78, 5) is 22.5. The number of fused-ring (bicyclic) bond motifs is 1. The fraction of sp³-hybridized carbons (Fsp3) is 0.320. The third-order valence-electron chi connectivity index (χ3n) is 5.51. The highest BCUT2D eigenvalue weighted by Gasteiger charge is 2.35. The maximum Gasteiger partial charge on any atom is 0.229 e. The number of aromatic nitrogens is 2. The Morgan fingerprint density at radius 3 is 2.55 bits per heavy atom. The fourth-order valence-electron chi connectivity index (χ4n) is 4.02. The van der Waals surface area contributed by atoms with Crippen molar-refractivity contribution in [3.8, 4) is 5.75 Å². The Bertz CT molecular complexity index is 1150. The zero-order chi connectivity index (χ0) is 22.2. The third kappa shape index (κ3) is 4.53. The largest absolute Gasteiger partial charge is 0.497 e. The lowest BCUT2D eigenvalue weighted by molar-refractivity contribution is 0.0911. The second-order valence-corrected chi connectivity index (χ2v) is 8.96. The van der Waals surface area contributed by atoms with E-state index in [1.54, 1.807) is 7.11 Å². The van der Waals surface area contributed by atoms with E-state index in [9.17, 15) is 4.79 Å². The van der Waals surface area contributed by atoms with Gasteiger partial charge in [0.25, 0.3) is 0 Å². The maximum absolute atomic E-state index is 13.0. The van der Waals surface area contributed by atoms with Gasteiger partial charge in [0.15, 0.2) is 5.78 Å². The van der Waals surface area contributed by atoms with Crippen molar-refractivity contribution in [2.24, 2.45) is 5.41 Å². The average Bonchev–Trinajstić information content (AvgIpc) is 2.68. The summed E-state index contributed by atoms with van der Waals surface area (Å²) < 4.78 is 5.31. The number of aryl methyl sites for hydroxylation is 2. The van der Waals surface area contributed by atoms with Crippen LogP contribution in [-0.2, 0) is 6.42 Å². The van der Waals surface area contributed by atoms with Gasteiger partial charge in [0.05, 0.1) is 18.4 Å². The molecule has 1 aromatic heterocycles. The Balaban J connectivity index is 1.78. The first kappa shape index (κ1) is 20.8. The molecule has 0 unspecified atom stereocenters. The van der Waals surface area contributed by atoms with Gasteiger partial charge in [-0.25, -0.2) is 4.98 Å². The Morgan fingerprint density at radius 1 is 1.00 bits per heavy atom. The van der Waals surface area contributed by atoms with E-state index in [2.05, 4.69) is 37.5 Å². The number of hydrogen-bond donors (Lipinski definition) is 2. The van der Waals surface area contributed by atoms with E-state index in [0.717, 1.165) is 28.4 Å². The highest BCUT2D eigenvalue weighted by molar-refractivity contribution is 6.03. The van der Waals surface area contributed by atoms with E-state index in [1.807, 2.05) is 43.3 Å². The lowest BCUT2D eigenvalue weighted by Crippen LogP contribution is -2.29. The van der Waals surface area contributed by atoms with Crippen LogP contribution in [0.15, 0.2) is 42.5 Å². The molecule has 0 aliphatic heterocycles. The number of Topliss-reactive ketones (excluding diaryl/α,β-unsaturated/α-hetero) is 1. The Morgan fingerprint density at radius 2 is 1.81 bits per heavy atom. The Labute approximate surface area is 183 Å². The minimum Gasteiger partial charge on any atom is -0.497 e. The number of ether oxygens (including phenoxy) is 1. The smallest absolute Gasteiger partial charge is 0.229 e. The first-order valence-corrected chi connectivity index (χ1v) is 10.4. The molecule has 6 nitrogen and oxygen atoms in total. The van der Waals surface area contributed by atoms with Crippen molar-refractivity contribution in [2.75, 3.05) is 17.7 Å². The van der Waals surface area contributed by atoms with Gasteiger partial charge in [-0.1, -0.05) is 37.6 Å². The monoisotopic (exact) mass is 416 g/mol. The number of benzene rings is 2. The van der Waals surface area contributed by atoms with Gasteiger partial charge >= 0.3 is 0 Å². The molecule has 0 saturated carbocycles. The Hall–Kier alpha value is -3.41. The van der Waals surface area contributed by atoms with Crippen LogP contribution in [0.2, 0.25) is 0 Å². The standard InChI is InChI=1S/C25H28N4O2/c1-15-9-10-19(16(2)11-15)27-23-22-20(13-25(3,4)14-21(22)30)28-24(29-23)26-17-7-6-8-18(12-17)31-5/h6-12H,13-14H2,1-5H3,(H2,26,27,28,29). The third-order valence-corrected chi connectivity index (χ3v) is 5.51. The molecule has 0 amide bonds. The number of hydrogen-bond acceptors (Lipinski definition) is 6. The Kier molecular flexibility index (Phi) is 5.39. The molecule has 160 valence electrons. The van der Waals surface area contributed by atoms with E-state index in [4.69, 9.17) is 14.7 Å². The van der Waals surface area contributed by atoms with E-state index < -0.39 is 0 Å². The second-order valence-electron chi connectivity index (χ2n) is 8.96. The number of carbonyl (C=O) groups excluding carboxylic acids is 1. The predicted molar refractivity (Wildman–Crippen MR) is 124 cm³/mol. The number of carbonyl (C=O) groups is 1. The molecule has 0 spiro atoms. The van der Waals surface area contributed by atoms with Crippen molar-refractivity contribution >= 4 is 28.9 Å². The molecule has 31 heavy (non-hydrogen) atoms. The molecule has 0 fully saturated rings. The molecule has 0 bridgehead atoms. The molecule has 4 rings (SSSR count). The van der Waals surface area contributed by atoms with Crippen molar-refractivity contribution in [1.82, 2.24) is 9.97 Å². The molecule has 2 aromatic carbocycles. The summed E-state index contributed by atoms with van der Waals surface area (Å²) in [6, 6.07) is 13.8. The molecule has 1 aliphatic rings. The van der Waals surface area contributed by atoms with Gasteiger partial charge in [-0.3, -0.25) is 4.79 Å². The molecule has 0 radical (unpaired) electrons. The molecular weight excluding hydrogens is 388 g/mol. The number of nitrogens with zero attached hydrogens (tertiary/aromatic N) is 2. The van der Waals surface area contributed by atoms with Crippen LogP contribution in [0, 0.1) is 19.3 Å². The van der Waals surface area contributed by atoms with Crippen molar-refractivity contribution in [3.63, 3.8) is 0 Å². The van der Waals surface area contributed by atoms with Gasteiger partial charge in [0, 0.05) is 23.9 Å². The van der Waals surface area contributed by atoms with Gasteiger partial charge in [0.2, 0.25) is 5.95 Å². The molecule has 2 N–H and O–H groups in total. The SMILES string of the molecule is COc1cccc(Nc2nc3c(c(Nc4ccc(C)cc4C)n2)C(=O)CC(C)(C)C3)c1. The second kappa shape index (κ2) is 8.02. The van der Waals surface area contributed by atoms with Gasteiger partial charge in [-0.15, -0.1) is 0 Å². The topological polar surface area (TPSA) is 76.1 Å². The van der Waals surface area contributed by atoms with Crippen LogP contribution < -0.4 is 15.4 Å². The quantitative estimate of drug-likeness (QED) is 0.552. The normalized spacial score (nSPS) is 14.7. The molecular formula is C25H28N4O2. The molecule has 6 heteroatoms. The number of anilines is 4. The average molecular weight is 417 g/mol. The summed E-state index contributed by atoms with van der Waals surface area (Å²) in [5.41, 5.74) is 5.26. The summed E-state index contributed by atoms with van der Waals surface area (Å²) >= 11 is 0. The van der Waals surface area contributed by atoms with Gasteiger partial charge in [-0.05, 0) is 49.4 Å². The lowest BCUT2D eigenvalue weighted by atomic mass is 9.75. The summed E-state index contributed by atoms with van der Waals surface area (Å²) in [6.07, 6.45) is 1.19. The maximum atomic E-state index is 13.0. The molecule has 3 aromatic rings. The fourth-order valence-corrected chi connectivity index (χ4v) is 4.02. The van der Waals surface area contributed by atoms with Crippen molar-refractivity contribution < 1.29 is 9.53 Å². The van der Waals surface area contributed by atoms with E-state index >= 15 is 0 Å². The first-order chi connectivity index (χ1) is 14.7. The number of ketones is 1. The lowest BCUT2D eigenvalue weighted by Gasteiger charge is -2.30. The zero-order valence-corrected chi connectivity index (χ0v) is 18.7. The van der Waals surface area contributed by atoms with Crippen molar-refractivity contribution in [1.29, 1.82) is 0 Å². The molecule has 1 aliphatic carbocycles. The summed E-state index contributed by atoms with van der Waals surface area (Å²) in [5.74, 6) is 1.81. The molecule has 0 saturated heterocycles. The predicted octanol–water partition coefficient (Wildman–Crippen LogP) is 5.74. The summed E-state index contributed by atoms with van der Waals surface area (Å²) in [7, 11) is 1.63. The van der Waals surface area contributed by atoms with Gasteiger partial charge in [0.1, 0.15) is 11.6 Å². The van der Waals surface area contributed by atoms with Crippen LogP contribution in [0.25, 0.3) is 0 Å². The van der Waals surface area contributed by atoms with Crippen molar-refractivity contribution in [3.05, 3.63) is 64.8 Å². The van der Waals surface area contributed by atoms with E-state index in [-0.39, 0.29) is 11.2 Å². The van der Waals surface area contributed by atoms with E-state index in [0.29, 0.717) is 30.2 Å². The minimum atomic E-state index is -0.136. The van der Waals surface area contributed by atoms with Crippen LogP contribution in [-0.4, -0.2) is 22.9 Å². The van der Waals surface area contributed by atoms with Crippen LogP contribution in [0.5, 0.6) is 5.75 Å².